The van der Waals surface area contributed by atoms with Crippen LogP contribution >= 0.6 is 0 Å². The van der Waals surface area contributed by atoms with E-state index in [2.05, 4.69) is 10.3 Å². The summed E-state index contributed by atoms with van der Waals surface area (Å²) in [5.41, 5.74) is 3.03. The molecule has 2 aromatic carbocycles. The summed E-state index contributed by atoms with van der Waals surface area (Å²) in [5.74, 6) is 0.471. The molecule has 1 unspecified atom stereocenters. The Morgan fingerprint density at radius 2 is 2.04 bits per heavy atom. The zero-order valence-electron chi connectivity index (χ0n) is 14.3. The second-order valence-electron chi connectivity index (χ2n) is 6.23. The normalized spacial score (nSPS) is 17.3. The van der Waals surface area contributed by atoms with Crippen LogP contribution in [0.4, 0.5) is 0 Å². The molecule has 4 rings (SSSR count). The van der Waals surface area contributed by atoms with Crippen LogP contribution in [0.1, 0.15) is 21.8 Å². The van der Waals surface area contributed by atoms with Crippen LogP contribution in [0.3, 0.4) is 0 Å². The van der Waals surface area contributed by atoms with Gasteiger partial charge in [-0.05, 0) is 23.8 Å². The molecule has 1 amide bonds. The van der Waals surface area contributed by atoms with E-state index in [4.69, 9.17) is 13.9 Å². The lowest BCUT2D eigenvalue weighted by Crippen LogP contribution is -2.39. The van der Waals surface area contributed by atoms with Gasteiger partial charge >= 0.3 is 0 Å². The van der Waals surface area contributed by atoms with Crippen molar-refractivity contribution in [2.24, 2.45) is 0 Å². The van der Waals surface area contributed by atoms with Crippen LogP contribution in [0.25, 0.3) is 11.1 Å². The Balaban J connectivity index is 1.44. The molecule has 1 fully saturated rings. The van der Waals surface area contributed by atoms with Crippen molar-refractivity contribution in [2.75, 3.05) is 26.4 Å². The fourth-order valence-corrected chi connectivity index (χ4v) is 2.92. The molecule has 2 heterocycles. The van der Waals surface area contributed by atoms with Gasteiger partial charge < -0.3 is 19.2 Å². The fourth-order valence-electron chi connectivity index (χ4n) is 2.92. The number of nitrogens with zero attached hydrogens (tertiary/aromatic N) is 1. The highest BCUT2D eigenvalue weighted by molar-refractivity contribution is 5.97. The van der Waals surface area contributed by atoms with Crippen molar-refractivity contribution in [1.29, 1.82) is 0 Å². The maximum Gasteiger partial charge on any atom is 0.251 e. The molecule has 0 bridgehead atoms. The number of benzene rings is 2. The molecule has 1 aliphatic rings. The summed E-state index contributed by atoms with van der Waals surface area (Å²) in [7, 11) is 0. The van der Waals surface area contributed by atoms with Crippen molar-refractivity contribution >= 4 is 17.0 Å². The van der Waals surface area contributed by atoms with E-state index in [1.807, 2.05) is 36.4 Å². The molecule has 0 spiro atoms. The summed E-state index contributed by atoms with van der Waals surface area (Å²) in [4.78, 5) is 16.9. The van der Waals surface area contributed by atoms with Gasteiger partial charge in [-0.3, -0.25) is 4.79 Å². The molecule has 1 aromatic heterocycles. The lowest BCUT2D eigenvalue weighted by atomic mass is 10.1. The molecule has 0 saturated carbocycles. The lowest BCUT2D eigenvalue weighted by Gasteiger charge is -2.23. The molecule has 1 N–H and O–H groups in total. The summed E-state index contributed by atoms with van der Waals surface area (Å²) in [6.07, 6.45) is 0.523. The van der Waals surface area contributed by atoms with E-state index in [1.54, 1.807) is 12.1 Å². The minimum atomic E-state index is -0.165. The second-order valence-corrected chi connectivity index (χ2v) is 6.23. The number of ether oxygens (including phenoxy) is 2. The predicted molar refractivity (Wildman–Crippen MR) is 96.1 cm³/mol. The molecule has 134 valence electrons. The zero-order chi connectivity index (χ0) is 17.8. The van der Waals surface area contributed by atoms with E-state index in [0.29, 0.717) is 49.8 Å². The third kappa shape index (κ3) is 3.92. The van der Waals surface area contributed by atoms with E-state index in [1.165, 1.54) is 0 Å². The third-order valence-electron chi connectivity index (χ3n) is 4.27. The Bertz CT molecular complexity index is 885. The number of nitrogens with one attached hydrogen (secondary N) is 1. The molecule has 1 aliphatic heterocycles. The molecular weight excluding hydrogens is 332 g/mol. The highest BCUT2D eigenvalue weighted by Crippen LogP contribution is 2.19. The number of hydrogen-bond donors (Lipinski definition) is 1. The maximum absolute atomic E-state index is 12.4. The average molecular weight is 352 g/mol. The van der Waals surface area contributed by atoms with Crippen molar-refractivity contribution in [3.05, 3.63) is 65.5 Å². The van der Waals surface area contributed by atoms with Gasteiger partial charge in [0.15, 0.2) is 11.5 Å². The molecule has 0 radical (unpaired) electrons. The van der Waals surface area contributed by atoms with Crippen LogP contribution < -0.4 is 5.32 Å². The molecule has 1 atom stereocenters. The van der Waals surface area contributed by atoms with Crippen LogP contribution in [0.15, 0.2) is 52.9 Å². The Hall–Kier alpha value is -2.70. The minimum absolute atomic E-state index is 0.0980. The first-order chi connectivity index (χ1) is 12.8. The first kappa shape index (κ1) is 16.8. The van der Waals surface area contributed by atoms with Gasteiger partial charge in [0.2, 0.25) is 0 Å². The van der Waals surface area contributed by atoms with Crippen molar-refractivity contribution in [3.63, 3.8) is 0 Å². The van der Waals surface area contributed by atoms with Gasteiger partial charge in [-0.2, -0.15) is 0 Å². The van der Waals surface area contributed by atoms with Gasteiger partial charge in [0.1, 0.15) is 5.52 Å². The number of amides is 1. The molecule has 6 nitrogen and oxygen atoms in total. The zero-order valence-corrected chi connectivity index (χ0v) is 14.3. The number of carbonyl (C=O) groups excluding carboxylic acids is 1. The van der Waals surface area contributed by atoms with Crippen LogP contribution in [-0.2, 0) is 15.9 Å². The van der Waals surface area contributed by atoms with Crippen LogP contribution in [-0.4, -0.2) is 43.4 Å². The average Bonchev–Trinajstić information content (AvgIpc) is 3.09. The largest absolute Gasteiger partial charge is 0.440 e. The van der Waals surface area contributed by atoms with Gasteiger partial charge in [0.05, 0.1) is 25.9 Å². The van der Waals surface area contributed by atoms with Gasteiger partial charge in [0.25, 0.3) is 5.91 Å². The summed E-state index contributed by atoms with van der Waals surface area (Å²) < 4.78 is 16.7. The van der Waals surface area contributed by atoms with Crippen molar-refractivity contribution in [1.82, 2.24) is 10.3 Å². The van der Waals surface area contributed by atoms with Gasteiger partial charge in [-0.1, -0.05) is 30.3 Å². The van der Waals surface area contributed by atoms with Crippen molar-refractivity contribution < 1.29 is 18.7 Å². The maximum atomic E-state index is 12.4. The first-order valence-corrected chi connectivity index (χ1v) is 8.69. The summed E-state index contributed by atoms with van der Waals surface area (Å²) in [6.45, 7) is 2.10. The lowest BCUT2D eigenvalue weighted by molar-refractivity contribution is -0.0855. The smallest absolute Gasteiger partial charge is 0.251 e. The van der Waals surface area contributed by atoms with Crippen molar-refractivity contribution in [2.45, 2.75) is 12.5 Å². The molecular formula is C20H20N2O4. The number of carbonyl (C=O) groups is 1. The summed E-state index contributed by atoms with van der Waals surface area (Å²) >= 11 is 0. The van der Waals surface area contributed by atoms with E-state index < -0.39 is 0 Å². The Morgan fingerprint density at radius 1 is 1.15 bits per heavy atom. The first-order valence-electron chi connectivity index (χ1n) is 8.69. The Kier molecular flexibility index (Phi) is 4.95. The molecule has 26 heavy (non-hydrogen) atoms. The van der Waals surface area contributed by atoms with Gasteiger partial charge in [-0.25, -0.2) is 4.98 Å². The SMILES string of the molecule is O=C(NCC1COCCO1)c1ccc2nc(Cc3ccccc3)oc2c1. The van der Waals surface area contributed by atoms with Crippen molar-refractivity contribution in [3.8, 4) is 0 Å². The monoisotopic (exact) mass is 352 g/mol. The Labute approximate surface area is 151 Å². The standard InChI is InChI=1S/C20H20N2O4/c23-20(21-12-16-13-24-8-9-25-16)15-6-7-17-18(11-15)26-19(22-17)10-14-4-2-1-3-5-14/h1-7,11,16H,8-10,12-13H2,(H,21,23). The van der Waals surface area contributed by atoms with E-state index in [0.717, 1.165) is 11.1 Å². The number of aromatic nitrogens is 1. The predicted octanol–water partition coefficient (Wildman–Crippen LogP) is 2.56. The number of hydrogen-bond acceptors (Lipinski definition) is 5. The molecule has 1 saturated heterocycles. The fraction of sp³-hybridized carbons (Fsp3) is 0.300. The Morgan fingerprint density at radius 3 is 2.85 bits per heavy atom. The topological polar surface area (TPSA) is 73.6 Å². The van der Waals surface area contributed by atoms with E-state index in [-0.39, 0.29) is 12.0 Å². The number of fused-ring (bicyclic) bond motifs is 1. The summed E-state index contributed by atoms with van der Waals surface area (Å²) in [5, 5.41) is 2.87. The highest BCUT2D eigenvalue weighted by Gasteiger charge is 2.16. The molecule has 0 aliphatic carbocycles. The van der Waals surface area contributed by atoms with E-state index >= 15 is 0 Å². The van der Waals surface area contributed by atoms with Crippen LogP contribution in [0, 0.1) is 0 Å². The number of oxazole rings is 1. The van der Waals surface area contributed by atoms with Crippen LogP contribution in [0.5, 0.6) is 0 Å². The summed E-state index contributed by atoms with van der Waals surface area (Å²) in [6, 6.07) is 15.3. The van der Waals surface area contributed by atoms with E-state index in [9.17, 15) is 4.79 Å². The van der Waals surface area contributed by atoms with Gasteiger partial charge in [0, 0.05) is 18.5 Å². The highest BCUT2D eigenvalue weighted by atomic mass is 16.6. The molecule has 3 aromatic rings. The quantitative estimate of drug-likeness (QED) is 0.764. The number of rotatable bonds is 5. The van der Waals surface area contributed by atoms with Crippen LogP contribution in [0.2, 0.25) is 0 Å². The van der Waals surface area contributed by atoms with Gasteiger partial charge in [-0.15, -0.1) is 0 Å². The third-order valence-corrected chi connectivity index (χ3v) is 4.27. The second kappa shape index (κ2) is 7.68. The minimum Gasteiger partial charge on any atom is -0.440 e. The molecule has 6 heteroatoms.